The van der Waals surface area contributed by atoms with Gasteiger partial charge in [-0.1, -0.05) is 236 Å². The molecule has 764 valence electrons. The van der Waals surface area contributed by atoms with Crippen LogP contribution in [0.2, 0.25) is 15.5 Å². The number of aldehydes is 1. The van der Waals surface area contributed by atoms with Crippen LogP contribution in [0, 0.1) is 46.0 Å². The molecule has 3 saturated carbocycles. The van der Waals surface area contributed by atoms with Crippen molar-refractivity contribution >= 4 is 249 Å². The van der Waals surface area contributed by atoms with Gasteiger partial charge in [0.05, 0.1) is 39.8 Å². The maximum Gasteiger partial charge on any atom is 1.00 e. The van der Waals surface area contributed by atoms with Gasteiger partial charge in [0.1, 0.15) is 64.8 Å². The monoisotopic (exact) mass is 2580 g/mol. The number of hydrogen-bond donors (Lipinski definition) is 6. The van der Waals surface area contributed by atoms with Gasteiger partial charge < -0.3 is 33.5 Å². The number of rotatable bonds is 27. The largest absolute Gasteiger partial charge is 1.00 e. The predicted molar refractivity (Wildman–Crippen MR) is 619 cm³/mol. The number of hydrogen-bond acceptors (Lipinski definition) is 26. The predicted octanol–water partition coefficient (Wildman–Crippen LogP) is 26.2. The Bertz CT molecular complexity index is 6610. The molecule has 22 nitrogen and oxygen atoms in total. The molecule has 3 aliphatic rings. The fourth-order valence-electron chi connectivity index (χ4n) is 16.5. The fraction of sp³-hybridized carbons (Fsp3) is 0.299. The Morgan fingerprint density at radius 1 is 0.473 bits per heavy atom. The van der Waals surface area contributed by atoms with E-state index in [1.54, 1.807) is 24.8 Å². The Morgan fingerprint density at radius 2 is 0.808 bits per heavy atom. The van der Waals surface area contributed by atoms with Crippen molar-refractivity contribution < 1.29 is 56.7 Å². The van der Waals surface area contributed by atoms with E-state index in [9.17, 15) is 37.8 Å². The van der Waals surface area contributed by atoms with E-state index in [2.05, 4.69) is 298 Å². The molecule has 0 saturated heterocycles. The number of unbranched alkanes of at least 4 members (excludes halogenated alkanes) is 1. The fourth-order valence-corrected chi connectivity index (χ4v) is 23.7. The molecule has 146 heavy (non-hydrogen) atoms. The Labute approximate surface area is 962 Å². The summed E-state index contributed by atoms with van der Waals surface area (Å²) in [6, 6.07) is 51.9. The number of aromatic nitrogens is 10. The van der Waals surface area contributed by atoms with Gasteiger partial charge in [-0.25, -0.2) is 55.0 Å². The maximum absolute atomic E-state index is 13.2. The van der Waals surface area contributed by atoms with Crippen molar-refractivity contribution in [1.29, 1.82) is 0 Å². The van der Waals surface area contributed by atoms with Crippen LogP contribution in [0.5, 0.6) is 0 Å². The van der Waals surface area contributed by atoms with E-state index >= 15 is 0 Å². The van der Waals surface area contributed by atoms with E-state index in [1.165, 1.54) is 160 Å². The summed E-state index contributed by atoms with van der Waals surface area (Å²) < 4.78 is 24.5. The number of carbonyl (C=O) groups excluding carboxylic acids is 4. The molecule has 15 aromatic rings. The van der Waals surface area contributed by atoms with Crippen molar-refractivity contribution in [3.8, 4) is 0 Å². The van der Waals surface area contributed by atoms with E-state index in [1.807, 2.05) is 107 Å². The zero-order valence-electron chi connectivity index (χ0n) is 81.2. The van der Waals surface area contributed by atoms with Crippen molar-refractivity contribution in [3.05, 3.63) is 392 Å². The van der Waals surface area contributed by atoms with Crippen LogP contribution in [-0.2, 0) is 41.3 Å². The van der Waals surface area contributed by atoms with Gasteiger partial charge in [-0.05, 0) is 302 Å². The van der Waals surface area contributed by atoms with Crippen LogP contribution in [-0.4, -0.2) is 117 Å². The van der Waals surface area contributed by atoms with Gasteiger partial charge in [0.15, 0.2) is 6.29 Å². The molecule has 3 fully saturated rings. The molecule has 10 atom stereocenters. The van der Waals surface area contributed by atoms with Gasteiger partial charge in [0.25, 0.3) is 9.24 Å². The summed E-state index contributed by atoms with van der Waals surface area (Å²) in [6.07, 6.45) is 30.5. The Kier molecular flexibility index (Phi) is 53.2. The van der Waals surface area contributed by atoms with Crippen molar-refractivity contribution in [1.82, 2.24) is 49.8 Å². The first-order valence-corrected chi connectivity index (χ1v) is 59.4. The van der Waals surface area contributed by atoms with Crippen molar-refractivity contribution in [2.24, 2.45) is 46.4 Å². The molecular formula is C107H111Br5Cl4ILiN14O8S6. The number of aliphatic hydroxyl groups excluding tert-OH is 2. The number of carbonyl (C=O) groups is 4. The van der Waals surface area contributed by atoms with Gasteiger partial charge in [-0.3, -0.25) is 19.2 Å². The molecule has 18 rings (SSSR count). The first-order valence-electron chi connectivity index (χ1n) is 46.5. The quantitative estimate of drug-likeness (QED) is 0.00530. The molecule has 8 N–H and O–H groups in total. The first-order chi connectivity index (χ1) is 69.6. The van der Waals surface area contributed by atoms with E-state index in [0.29, 0.717) is 78.6 Å². The zero-order valence-corrected chi connectivity index (χ0v) is 99.2. The normalized spacial score (nSPS) is 16.9. The van der Waals surface area contributed by atoms with Crippen LogP contribution in [0.15, 0.2) is 264 Å². The molecule has 5 aromatic carbocycles. The van der Waals surface area contributed by atoms with Gasteiger partial charge >= 0.3 is 18.9 Å². The third-order valence-corrected chi connectivity index (χ3v) is 33.1. The van der Waals surface area contributed by atoms with E-state index in [0.717, 1.165) is 151 Å². The van der Waals surface area contributed by atoms with E-state index in [-0.39, 0.29) is 59.2 Å². The SMILES string of the molecule is CC[C@H]1C[C@@H](N)C[C@@H]1C.CC[C@H]1C[C@@H](Nc2ncncc2C(=O)c2cc(Cc3cccc(Br)c3)cs2)C[C@@H]1C.C[C@H]1C[C@H](Nc2ncncc2C(=O)c2cc(Cc3cccc(Br)c3)cs2)C[C@@H]1CO.Clc1ncncc1I.NS(=O)(=O)Cl.O=C(c1cc(Cc2cccc(Br)c2)cs1)c1cncnc1Cl.O=Cc1cc(Cc2cccc(Br)c2)cs1.OC(c1cc(Cc2cccc(Br)c2)cs1)c1cncnc1Cl.[CH2-]CCC.[Li+]. The molecule has 0 spiro atoms. The first kappa shape index (κ1) is 122. The van der Waals surface area contributed by atoms with E-state index < -0.39 is 15.3 Å². The molecule has 10 heterocycles. The van der Waals surface area contributed by atoms with Crippen LogP contribution in [0.25, 0.3) is 0 Å². The number of ketones is 3. The van der Waals surface area contributed by atoms with Gasteiger partial charge in [-0.2, -0.15) is 14.8 Å². The van der Waals surface area contributed by atoms with Gasteiger partial charge in [-0.15, -0.1) is 56.7 Å². The standard InChI is InChI=1S/C24H26BrN3OS.C23H24BrN3O2S.C16H12BrClN2OS.C16H10BrClN2OS.C12H9BrOS.C8H17N.C4H2ClIN2.C4H9.ClH2NO2S.Li/c1-3-18-11-20(7-15(18)2)28-24-21(12-26-14-27-24)23(29)22-10-17(13-30-22)8-16-5-4-6-19(25)9-16;1-14-5-19(9-17(14)11-28)27-23-20(10-25-13-26-23)22(29)21-8-16(12-30-21)6-15-3-2-4-18(24)7-15;2*17-12-3-1-2-10(5-12)4-11-6-14(22-8-11)15(21)13-7-19-9-20-16(13)18;13-11-3-1-2-9(5-11)4-10-6-12(7-14)15-8-10;1-3-7-5-8(9)4-6(7)2;5-4-3(6)1-7-2-8-4;1-3-4-2;1-5(2,3)4;/h4-6,9-10,12-15,18,20H,3,7-8,11H2,1-2H3,(H,26,27,28);2-4,7-8,10,12-14,17,19,28H,5-6,9,11H2,1H3,(H,25,26,27);1-3,5-9,15,21H,4H2;1-3,5-9H,4H2;1-3,5-8H,4H2;6-8H,3-5,9H2,1-2H3;1-2H;1,3-4H2,2H3;(H2,2,3,4);/q;;;;;;;-1;;+1/t15-,18-,20-;14-,17+,19-;;;;6-,7-,8-;;;;/m00...0..../s1. The maximum atomic E-state index is 13.2. The molecule has 0 bridgehead atoms. The minimum absolute atomic E-state index is 0. The third kappa shape index (κ3) is 41.2. The number of nitrogens with one attached hydrogen (secondary N) is 2. The van der Waals surface area contributed by atoms with Crippen LogP contribution >= 0.6 is 204 Å². The van der Waals surface area contributed by atoms with Crippen molar-refractivity contribution in [3.63, 3.8) is 0 Å². The topological polar surface area (TPSA) is 348 Å². The number of anilines is 2. The summed E-state index contributed by atoms with van der Waals surface area (Å²) in [7, 11) is 0.586. The second kappa shape index (κ2) is 63.4. The molecular weight excluding hydrogens is 2480 g/mol. The molecule has 1 unspecified atom stereocenters. The number of halogens is 10. The zero-order chi connectivity index (χ0) is 105. The molecule has 0 aliphatic heterocycles. The van der Waals surface area contributed by atoms with Crippen molar-refractivity contribution in [2.75, 3.05) is 17.2 Å². The number of thiophene rings is 5. The minimum atomic E-state index is -3.69. The van der Waals surface area contributed by atoms with Crippen LogP contribution in [0.1, 0.15) is 233 Å². The second-order valence-electron chi connectivity index (χ2n) is 34.8. The average Bonchev–Trinajstić information content (AvgIpc) is 1.64. The van der Waals surface area contributed by atoms with Crippen molar-refractivity contribution in [2.45, 2.75) is 162 Å². The third-order valence-electron chi connectivity index (χ3n) is 23.8. The summed E-state index contributed by atoms with van der Waals surface area (Å²) in [4.78, 5) is 93.0. The number of aliphatic hydroxyl groups is 2. The van der Waals surface area contributed by atoms with E-state index in [4.69, 9.17) is 40.5 Å². The molecule has 39 heteroatoms. The summed E-state index contributed by atoms with van der Waals surface area (Å²) >= 11 is 44.3. The average molecular weight is 2590 g/mol. The van der Waals surface area contributed by atoms with Gasteiger partial charge in [0.2, 0.25) is 17.3 Å². The number of nitrogens with two attached hydrogens (primary N) is 2. The number of benzene rings is 5. The number of nitrogens with zero attached hydrogens (tertiary/aromatic N) is 10. The summed E-state index contributed by atoms with van der Waals surface area (Å²) in [5, 5.41) is 42.2. The summed E-state index contributed by atoms with van der Waals surface area (Å²) in [6.45, 7) is 17.2. The minimum Gasteiger partial charge on any atom is -0.396 e. The van der Waals surface area contributed by atoms with Crippen LogP contribution < -0.4 is 40.4 Å². The molecule has 0 radical (unpaired) electrons. The summed E-state index contributed by atoms with van der Waals surface area (Å²) in [5.41, 5.74) is 19.5. The Balaban J connectivity index is 0.000000193. The molecule has 10 aromatic heterocycles. The smallest absolute Gasteiger partial charge is 0.396 e. The molecule has 3 aliphatic carbocycles. The van der Waals surface area contributed by atoms with Crippen LogP contribution in [0.4, 0.5) is 11.6 Å². The van der Waals surface area contributed by atoms with Crippen LogP contribution in [0.3, 0.4) is 0 Å². The Hall–Kier alpha value is -7.04. The summed E-state index contributed by atoms with van der Waals surface area (Å²) in [5.74, 6) is 5.00. The molecule has 0 amide bonds. The Morgan fingerprint density at radius 3 is 1.14 bits per heavy atom. The second-order valence-corrected chi connectivity index (χ2v) is 48.5. The van der Waals surface area contributed by atoms with Gasteiger partial charge in [0, 0.05) is 99.2 Å².